The van der Waals surface area contributed by atoms with Gasteiger partial charge in [-0.2, -0.15) is 0 Å². The van der Waals surface area contributed by atoms with Crippen LogP contribution in [-0.4, -0.2) is 25.0 Å². The Morgan fingerprint density at radius 3 is 2.18 bits per heavy atom. The molecule has 1 atom stereocenters. The maximum absolute atomic E-state index is 15.1. The summed E-state index contributed by atoms with van der Waals surface area (Å²) in [5.74, 6) is -0.129. The normalized spacial score (nSPS) is 16.4. The summed E-state index contributed by atoms with van der Waals surface area (Å²) in [5, 5.41) is 0. The van der Waals surface area contributed by atoms with Gasteiger partial charge in [0.05, 0.1) is 5.69 Å². The van der Waals surface area contributed by atoms with Crippen molar-refractivity contribution < 1.29 is 4.39 Å². The van der Waals surface area contributed by atoms with Gasteiger partial charge in [0.2, 0.25) is 0 Å². The van der Waals surface area contributed by atoms with E-state index in [1.165, 1.54) is 38.5 Å². The van der Waals surface area contributed by atoms with Crippen molar-refractivity contribution in [2.45, 2.75) is 85.2 Å². The largest absolute Gasteiger partial charge is 0.369 e. The summed E-state index contributed by atoms with van der Waals surface area (Å²) in [5.41, 5.74) is 2.61. The number of benzene rings is 1. The number of halogens is 1. The summed E-state index contributed by atoms with van der Waals surface area (Å²) in [4.78, 5) is 8.84. The molecule has 28 heavy (non-hydrogen) atoms. The van der Waals surface area contributed by atoms with Gasteiger partial charge in [0.25, 0.3) is 0 Å². The highest BCUT2D eigenvalue weighted by Gasteiger charge is 2.18. The van der Waals surface area contributed by atoms with Gasteiger partial charge >= 0.3 is 0 Å². The Bertz CT molecular complexity index is 641. The average Bonchev–Trinajstić information content (AvgIpc) is 2.67. The first kappa shape index (κ1) is 22.4. The van der Waals surface area contributed by atoms with Crippen molar-refractivity contribution in [3.05, 3.63) is 36.3 Å². The lowest BCUT2D eigenvalue weighted by Gasteiger charge is -2.30. The lowest BCUT2D eigenvalue weighted by molar-refractivity contribution is 0.583. The smallest absolute Gasteiger partial charge is 0.148 e. The number of nitrogens with zero attached hydrogens (tertiary/aromatic N) is 3. The van der Waals surface area contributed by atoms with Crippen LogP contribution in [0.2, 0.25) is 0 Å². The molecule has 0 saturated carbocycles. The van der Waals surface area contributed by atoms with E-state index in [0.29, 0.717) is 0 Å². The minimum absolute atomic E-state index is 0.00515. The maximum Gasteiger partial charge on any atom is 0.148 e. The van der Waals surface area contributed by atoms with Crippen LogP contribution in [0.25, 0.3) is 0 Å². The fourth-order valence-electron chi connectivity index (χ4n) is 3.74. The van der Waals surface area contributed by atoms with Gasteiger partial charge in [0, 0.05) is 30.7 Å². The molecule has 1 unspecified atom stereocenters. The fourth-order valence-corrected chi connectivity index (χ4v) is 3.74. The molecule has 0 spiro atoms. The number of unbranched alkanes of at least 4 members (excludes halogenated alkanes) is 6. The average molecular weight is 388 g/mol. The van der Waals surface area contributed by atoms with E-state index in [4.69, 9.17) is 0 Å². The number of rotatable bonds is 12. The van der Waals surface area contributed by atoms with Crippen LogP contribution >= 0.6 is 0 Å². The minimum Gasteiger partial charge on any atom is -0.369 e. The lowest BCUT2D eigenvalue weighted by atomic mass is 10.1. The minimum atomic E-state index is -0.129. The first-order valence-electron chi connectivity index (χ1n) is 11.1. The molecule has 0 aromatic heterocycles. The Morgan fingerprint density at radius 2 is 1.64 bits per heavy atom. The molecule has 156 valence electrons. The molecular formula is C24H38FN3. The molecule has 0 bridgehead atoms. The first-order valence-corrected chi connectivity index (χ1v) is 11.1. The third-order valence-corrected chi connectivity index (χ3v) is 5.40. The van der Waals surface area contributed by atoms with Crippen LogP contribution < -0.4 is 9.80 Å². The summed E-state index contributed by atoms with van der Waals surface area (Å²) in [6, 6.07) is 5.65. The molecule has 4 heteroatoms. The number of hydrogen-bond donors (Lipinski definition) is 0. The van der Waals surface area contributed by atoms with E-state index in [1.54, 1.807) is 6.07 Å². The van der Waals surface area contributed by atoms with Crippen LogP contribution in [0.4, 0.5) is 15.8 Å². The van der Waals surface area contributed by atoms with Crippen LogP contribution in [0.3, 0.4) is 0 Å². The molecule has 1 heterocycles. The number of allylic oxidation sites excluding steroid dienone is 1. The van der Waals surface area contributed by atoms with Gasteiger partial charge in [-0.1, -0.05) is 52.4 Å². The lowest BCUT2D eigenvalue weighted by Crippen LogP contribution is -2.30. The third-order valence-electron chi connectivity index (χ3n) is 5.40. The van der Waals surface area contributed by atoms with Gasteiger partial charge < -0.3 is 9.80 Å². The van der Waals surface area contributed by atoms with Crippen molar-refractivity contribution >= 4 is 17.1 Å². The molecule has 0 fully saturated rings. The second kappa shape index (κ2) is 11.9. The first-order chi connectivity index (χ1) is 13.6. The predicted molar refractivity (Wildman–Crippen MR) is 121 cm³/mol. The van der Waals surface area contributed by atoms with E-state index >= 15 is 4.39 Å². The molecular weight excluding hydrogens is 349 g/mol. The maximum atomic E-state index is 15.1. The molecule has 2 rings (SSSR count). The Kier molecular flexibility index (Phi) is 9.52. The van der Waals surface area contributed by atoms with E-state index < -0.39 is 0 Å². The predicted octanol–water partition coefficient (Wildman–Crippen LogP) is 6.93. The number of anilines is 2. The van der Waals surface area contributed by atoms with E-state index in [1.807, 2.05) is 43.2 Å². The Hall–Kier alpha value is -1.84. The van der Waals surface area contributed by atoms with Gasteiger partial charge in [-0.15, -0.1) is 0 Å². The summed E-state index contributed by atoms with van der Waals surface area (Å²) < 4.78 is 15.1. The van der Waals surface area contributed by atoms with Gasteiger partial charge in [0.1, 0.15) is 12.0 Å². The second-order valence-electron chi connectivity index (χ2n) is 7.87. The van der Waals surface area contributed by atoms with Crippen LogP contribution in [0.15, 0.2) is 35.5 Å². The van der Waals surface area contributed by atoms with Crippen LogP contribution in [0.5, 0.6) is 0 Å². The zero-order chi connectivity index (χ0) is 20.4. The third kappa shape index (κ3) is 6.65. The van der Waals surface area contributed by atoms with E-state index in [-0.39, 0.29) is 12.0 Å². The van der Waals surface area contributed by atoms with E-state index in [2.05, 4.69) is 23.7 Å². The fraction of sp³-hybridized carbons (Fsp3) is 0.625. The van der Waals surface area contributed by atoms with Crippen LogP contribution in [0.1, 0.15) is 79.1 Å². The molecule has 0 aliphatic carbocycles. The summed E-state index contributed by atoms with van der Waals surface area (Å²) >= 11 is 0. The Balaban J connectivity index is 2.09. The van der Waals surface area contributed by atoms with Crippen molar-refractivity contribution in [3.63, 3.8) is 0 Å². The summed E-state index contributed by atoms with van der Waals surface area (Å²) in [7, 11) is 0. The molecule has 1 aliphatic heterocycles. The second-order valence-corrected chi connectivity index (χ2v) is 7.87. The molecule has 0 N–H and O–H groups in total. The molecule has 1 aromatic rings. The number of aliphatic imine (C=N–C) groups is 1. The van der Waals surface area contributed by atoms with Crippen molar-refractivity contribution in [2.24, 2.45) is 4.99 Å². The van der Waals surface area contributed by atoms with E-state index in [0.717, 1.165) is 43.0 Å². The summed E-state index contributed by atoms with van der Waals surface area (Å²) in [6.45, 7) is 10.3. The van der Waals surface area contributed by atoms with E-state index in [9.17, 15) is 0 Å². The van der Waals surface area contributed by atoms with Crippen LogP contribution in [0, 0.1) is 5.82 Å². The van der Waals surface area contributed by atoms with Gasteiger partial charge in [-0.3, -0.25) is 4.99 Å². The van der Waals surface area contributed by atoms with Crippen LogP contribution in [-0.2, 0) is 0 Å². The molecule has 3 nitrogen and oxygen atoms in total. The van der Waals surface area contributed by atoms with Crippen molar-refractivity contribution in [2.75, 3.05) is 22.9 Å². The SMILES string of the molecule is CCCCCCN(CCCCCC)c1ccc(N2C=CC(C)=NC2C)cc1F. The molecule has 0 radical (unpaired) electrons. The Labute approximate surface area is 171 Å². The van der Waals surface area contributed by atoms with Gasteiger partial charge in [-0.05, 0) is 51.0 Å². The standard InChI is InChI=1S/C24H38FN3/c1-5-7-9-11-16-27(17-12-10-8-6-2)24-14-13-22(19-23(24)25)28-18-15-20(3)26-21(28)4/h13-15,18-19,21H,5-12,16-17H2,1-4H3. The van der Waals surface area contributed by atoms with Crippen molar-refractivity contribution in [1.29, 1.82) is 0 Å². The molecule has 1 aliphatic rings. The molecule has 0 amide bonds. The highest BCUT2D eigenvalue weighted by atomic mass is 19.1. The summed E-state index contributed by atoms with van der Waals surface area (Å²) in [6.07, 6.45) is 13.6. The van der Waals surface area contributed by atoms with Crippen molar-refractivity contribution in [3.8, 4) is 0 Å². The molecule has 0 saturated heterocycles. The molecule has 1 aromatic carbocycles. The highest BCUT2D eigenvalue weighted by Crippen LogP contribution is 2.28. The Morgan fingerprint density at radius 1 is 1.00 bits per heavy atom. The van der Waals surface area contributed by atoms with Gasteiger partial charge in [-0.25, -0.2) is 4.39 Å². The van der Waals surface area contributed by atoms with Gasteiger partial charge in [0.15, 0.2) is 0 Å². The van der Waals surface area contributed by atoms with Crippen molar-refractivity contribution in [1.82, 2.24) is 0 Å². The monoisotopic (exact) mass is 387 g/mol. The highest BCUT2D eigenvalue weighted by molar-refractivity contribution is 5.94. The number of hydrogen-bond acceptors (Lipinski definition) is 3. The zero-order valence-electron chi connectivity index (χ0n) is 18.3. The quantitative estimate of drug-likeness (QED) is 0.362. The zero-order valence-corrected chi connectivity index (χ0v) is 18.3. The topological polar surface area (TPSA) is 18.8 Å².